The third kappa shape index (κ3) is 3.52. The summed E-state index contributed by atoms with van der Waals surface area (Å²) in [6, 6.07) is 0. The first-order valence-electron chi connectivity index (χ1n) is 4.14. The molecular formula is C8H17N. The molecule has 0 spiro atoms. The van der Waals surface area contributed by atoms with Crippen LogP contribution in [0.2, 0.25) is 0 Å². The highest BCUT2D eigenvalue weighted by Crippen LogP contribution is 2.33. The fourth-order valence-electron chi connectivity index (χ4n) is 1.10. The van der Waals surface area contributed by atoms with E-state index in [2.05, 4.69) is 12.2 Å². The van der Waals surface area contributed by atoms with E-state index in [4.69, 9.17) is 0 Å². The van der Waals surface area contributed by atoms with Crippen molar-refractivity contribution >= 4 is 0 Å². The molecule has 1 rings (SSSR count). The lowest BCUT2D eigenvalue weighted by Gasteiger charge is -1.98. The zero-order chi connectivity index (χ0) is 6.53. The van der Waals surface area contributed by atoms with Gasteiger partial charge in [0.05, 0.1) is 0 Å². The van der Waals surface area contributed by atoms with E-state index in [1.54, 1.807) is 0 Å². The quantitative estimate of drug-likeness (QED) is 0.555. The molecule has 1 heteroatoms. The Kier molecular flexibility index (Phi) is 3.05. The molecule has 0 amide bonds. The van der Waals surface area contributed by atoms with Crippen LogP contribution in [0.15, 0.2) is 0 Å². The second-order valence-corrected chi connectivity index (χ2v) is 2.94. The van der Waals surface area contributed by atoms with E-state index >= 15 is 0 Å². The molecule has 0 unspecified atom stereocenters. The lowest BCUT2D eigenvalue weighted by Crippen LogP contribution is -2.13. The molecule has 0 atom stereocenters. The first-order chi connectivity index (χ1) is 4.43. The van der Waals surface area contributed by atoms with Gasteiger partial charge in [-0.2, -0.15) is 0 Å². The third-order valence-electron chi connectivity index (χ3n) is 1.91. The van der Waals surface area contributed by atoms with Crippen LogP contribution in [0.1, 0.15) is 32.6 Å². The van der Waals surface area contributed by atoms with Crippen LogP contribution < -0.4 is 5.32 Å². The predicted molar refractivity (Wildman–Crippen MR) is 40.5 cm³/mol. The molecule has 0 aliphatic heterocycles. The average molecular weight is 127 g/mol. The molecule has 0 bridgehead atoms. The predicted octanol–water partition coefficient (Wildman–Crippen LogP) is 1.79. The molecule has 0 saturated heterocycles. The Morgan fingerprint density at radius 1 is 1.44 bits per heavy atom. The Balaban J connectivity index is 1.71. The molecule has 1 aliphatic carbocycles. The van der Waals surface area contributed by atoms with Crippen LogP contribution in [0.3, 0.4) is 0 Å². The third-order valence-corrected chi connectivity index (χ3v) is 1.91. The average Bonchev–Trinajstić information content (AvgIpc) is 2.63. The van der Waals surface area contributed by atoms with Crippen molar-refractivity contribution in [2.75, 3.05) is 13.1 Å². The van der Waals surface area contributed by atoms with Crippen LogP contribution in [0.25, 0.3) is 0 Å². The van der Waals surface area contributed by atoms with Gasteiger partial charge in [-0.1, -0.05) is 19.8 Å². The maximum absolute atomic E-state index is 3.33. The van der Waals surface area contributed by atoms with E-state index in [0.717, 1.165) is 12.5 Å². The van der Waals surface area contributed by atoms with Crippen molar-refractivity contribution in [2.24, 2.45) is 5.92 Å². The Hall–Kier alpha value is -0.0400. The van der Waals surface area contributed by atoms with Crippen molar-refractivity contribution in [2.45, 2.75) is 32.6 Å². The van der Waals surface area contributed by atoms with Crippen LogP contribution >= 0.6 is 0 Å². The maximum atomic E-state index is 3.33. The van der Waals surface area contributed by atoms with E-state index in [0.29, 0.717) is 0 Å². The standard InChI is InChI=1S/C8H17N/c1-2-9-7-3-4-8-5-6-8/h8-9H,2-7H2,1H3. The monoisotopic (exact) mass is 127 g/mol. The summed E-state index contributed by atoms with van der Waals surface area (Å²) in [6.45, 7) is 4.52. The van der Waals surface area contributed by atoms with Crippen molar-refractivity contribution in [3.8, 4) is 0 Å². The van der Waals surface area contributed by atoms with Gasteiger partial charge in [0, 0.05) is 0 Å². The lowest BCUT2D eigenvalue weighted by atomic mass is 10.2. The van der Waals surface area contributed by atoms with E-state index < -0.39 is 0 Å². The highest BCUT2D eigenvalue weighted by atomic mass is 14.8. The van der Waals surface area contributed by atoms with E-state index in [1.165, 1.54) is 32.2 Å². The van der Waals surface area contributed by atoms with Crippen molar-refractivity contribution in [1.29, 1.82) is 0 Å². The zero-order valence-electron chi connectivity index (χ0n) is 6.32. The molecule has 0 aromatic rings. The minimum atomic E-state index is 1.11. The van der Waals surface area contributed by atoms with Crippen LogP contribution in [0, 0.1) is 5.92 Å². The molecular weight excluding hydrogens is 110 g/mol. The molecule has 0 aromatic heterocycles. The van der Waals surface area contributed by atoms with Gasteiger partial charge < -0.3 is 5.32 Å². The Labute approximate surface area is 57.8 Å². The Morgan fingerprint density at radius 3 is 2.78 bits per heavy atom. The van der Waals surface area contributed by atoms with E-state index in [1.807, 2.05) is 0 Å². The fraction of sp³-hybridized carbons (Fsp3) is 1.00. The van der Waals surface area contributed by atoms with Crippen LogP contribution in [-0.2, 0) is 0 Å². The number of hydrogen-bond donors (Lipinski definition) is 1. The maximum Gasteiger partial charge on any atom is -0.00489 e. The molecule has 1 N–H and O–H groups in total. The molecule has 1 fully saturated rings. The molecule has 1 saturated carbocycles. The summed E-state index contributed by atoms with van der Waals surface area (Å²) in [6.07, 6.45) is 5.86. The minimum Gasteiger partial charge on any atom is -0.317 e. The summed E-state index contributed by atoms with van der Waals surface area (Å²) in [4.78, 5) is 0. The van der Waals surface area contributed by atoms with Gasteiger partial charge in [0.25, 0.3) is 0 Å². The smallest absolute Gasteiger partial charge is 0.00489 e. The number of rotatable bonds is 5. The SMILES string of the molecule is CCNCCCC1CC1. The van der Waals surface area contributed by atoms with Gasteiger partial charge in [0.2, 0.25) is 0 Å². The topological polar surface area (TPSA) is 12.0 Å². The van der Waals surface area contributed by atoms with Gasteiger partial charge in [-0.15, -0.1) is 0 Å². The summed E-state index contributed by atoms with van der Waals surface area (Å²) in [5.74, 6) is 1.11. The lowest BCUT2D eigenvalue weighted by molar-refractivity contribution is 0.607. The van der Waals surface area contributed by atoms with Crippen molar-refractivity contribution < 1.29 is 0 Å². The fourth-order valence-corrected chi connectivity index (χ4v) is 1.10. The van der Waals surface area contributed by atoms with Crippen molar-refractivity contribution in [3.05, 3.63) is 0 Å². The first-order valence-corrected chi connectivity index (χ1v) is 4.14. The molecule has 1 nitrogen and oxygen atoms in total. The normalized spacial score (nSPS) is 18.3. The van der Waals surface area contributed by atoms with Gasteiger partial charge in [-0.25, -0.2) is 0 Å². The first kappa shape index (κ1) is 7.07. The number of hydrogen-bond acceptors (Lipinski definition) is 1. The Morgan fingerprint density at radius 2 is 2.22 bits per heavy atom. The molecule has 0 radical (unpaired) electrons. The summed E-state index contributed by atoms with van der Waals surface area (Å²) >= 11 is 0. The van der Waals surface area contributed by atoms with E-state index in [-0.39, 0.29) is 0 Å². The Bertz CT molecular complexity index is 67.0. The van der Waals surface area contributed by atoms with Crippen molar-refractivity contribution in [1.82, 2.24) is 5.32 Å². The van der Waals surface area contributed by atoms with Crippen LogP contribution in [0.4, 0.5) is 0 Å². The minimum absolute atomic E-state index is 1.11. The zero-order valence-corrected chi connectivity index (χ0v) is 6.32. The van der Waals surface area contributed by atoms with Gasteiger partial charge >= 0.3 is 0 Å². The summed E-state index contributed by atoms with van der Waals surface area (Å²) in [5.41, 5.74) is 0. The van der Waals surface area contributed by atoms with Crippen LogP contribution in [0.5, 0.6) is 0 Å². The van der Waals surface area contributed by atoms with Crippen molar-refractivity contribution in [3.63, 3.8) is 0 Å². The summed E-state index contributed by atoms with van der Waals surface area (Å²) in [7, 11) is 0. The van der Waals surface area contributed by atoms with Crippen LogP contribution in [-0.4, -0.2) is 13.1 Å². The number of nitrogens with one attached hydrogen (secondary N) is 1. The molecule has 0 aromatic carbocycles. The molecule has 0 heterocycles. The molecule has 1 aliphatic rings. The van der Waals surface area contributed by atoms with Gasteiger partial charge in [-0.3, -0.25) is 0 Å². The highest BCUT2D eigenvalue weighted by Gasteiger charge is 2.19. The second-order valence-electron chi connectivity index (χ2n) is 2.94. The van der Waals surface area contributed by atoms with Gasteiger partial charge in [-0.05, 0) is 31.8 Å². The van der Waals surface area contributed by atoms with Gasteiger partial charge in [0.1, 0.15) is 0 Å². The summed E-state index contributed by atoms with van der Waals surface area (Å²) in [5, 5.41) is 3.33. The largest absolute Gasteiger partial charge is 0.317 e. The van der Waals surface area contributed by atoms with Gasteiger partial charge in [0.15, 0.2) is 0 Å². The van der Waals surface area contributed by atoms with E-state index in [9.17, 15) is 0 Å². The molecule has 54 valence electrons. The second kappa shape index (κ2) is 3.89. The molecule has 9 heavy (non-hydrogen) atoms. The highest BCUT2D eigenvalue weighted by molar-refractivity contribution is 4.72. The summed E-state index contributed by atoms with van der Waals surface area (Å²) < 4.78 is 0.